The Balaban J connectivity index is 1.81. The van der Waals surface area contributed by atoms with Crippen LogP contribution < -0.4 is 5.73 Å². The highest BCUT2D eigenvalue weighted by Gasteiger charge is 2.20. The molecule has 4 aromatic rings. The van der Waals surface area contributed by atoms with Crippen LogP contribution in [0.25, 0.3) is 33.8 Å². The topological polar surface area (TPSA) is 158 Å². The Kier molecular flexibility index (Phi) is 4.93. The third kappa shape index (κ3) is 3.72. The molecular formula is C18H16F2N8O3. The average molecular weight is 430 g/mol. The van der Waals surface area contributed by atoms with Gasteiger partial charge in [0.15, 0.2) is 11.6 Å². The number of aryl methyl sites for hydroxylation is 2. The number of aromatic amines is 1. The maximum atomic E-state index is 13.3. The molecule has 0 fully saturated rings. The molecule has 3 heterocycles. The van der Waals surface area contributed by atoms with E-state index in [1.807, 2.05) is 0 Å². The van der Waals surface area contributed by atoms with Crippen LogP contribution in [0.2, 0.25) is 0 Å². The van der Waals surface area contributed by atoms with Crippen molar-refractivity contribution in [3.8, 4) is 22.9 Å². The normalized spacial score (nSPS) is 11.5. The molecule has 0 saturated carbocycles. The van der Waals surface area contributed by atoms with Gasteiger partial charge in [0.25, 0.3) is 0 Å². The van der Waals surface area contributed by atoms with Crippen molar-refractivity contribution in [2.75, 3.05) is 0 Å². The van der Waals surface area contributed by atoms with Gasteiger partial charge in [-0.25, -0.2) is 9.67 Å². The summed E-state index contributed by atoms with van der Waals surface area (Å²) in [4.78, 5) is 27.0. The zero-order chi connectivity index (χ0) is 22.3. The number of primary amides is 1. The summed E-state index contributed by atoms with van der Waals surface area (Å²) in [7, 11) is 0. The summed E-state index contributed by atoms with van der Waals surface area (Å²) in [6.45, 7) is -1.05. The predicted octanol–water partition coefficient (Wildman–Crippen LogP) is 1.96. The molecule has 0 bridgehead atoms. The van der Waals surface area contributed by atoms with E-state index in [-0.39, 0.29) is 35.7 Å². The summed E-state index contributed by atoms with van der Waals surface area (Å²) >= 11 is 0. The number of aliphatic carboxylic acids is 1. The van der Waals surface area contributed by atoms with Gasteiger partial charge >= 0.3 is 12.5 Å². The molecule has 0 aliphatic rings. The van der Waals surface area contributed by atoms with Gasteiger partial charge in [0.1, 0.15) is 5.69 Å². The Labute approximate surface area is 172 Å². The van der Waals surface area contributed by atoms with Crippen molar-refractivity contribution >= 4 is 22.8 Å². The fraction of sp³-hybridized carbons (Fsp3) is 0.222. The molecule has 0 unspecified atom stereocenters. The molecule has 0 atom stereocenters. The largest absolute Gasteiger partial charge is 0.481 e. The second-order valence-corrected chi connectivity index (χ2v) is 6.73. The molecule has 13 heteroatoms. The third-order valence-corrected chi connectivity index (χ3v) is 4.59. The zero-order valence-electron chi connectivity index (χ0n) is 16.1. The number of alkyl halides is 2. The van der Waals surface area contributed by atoms with Crippen LogP contribution in [0.5, 0.6) is 0 Å². The number of carbonyl (C=O) groups excluding carboxylic acids is 1. The predicted molar refractivity (Wildman–Crippen MR) is 103 cm³/mol. The van der Waals surface area contributed by atoms with Crippen molar-refractivity contribution in [1.82, 2.24) is 34.7 Å². The number of hydrogen-bond donors (Lipinski definition) is 3. The smallest absolute Gasteiger partial charge is 0.333 e. The van der Waals surface area contributed by atoms with E-state index in [1.165, 1.54) is 23.0 Å². The number of amides is 1. The summed E-state index contributed by atoms with van der Waals surface area (Å²) in [5.74, 6) is -1.36. The van der Waals surface area contributed by atoms with Crippen LogP contribution in [-0.2, 0) is 11.3 Å². The van der Waals surface area contributed by atoms with Crippen LogP contribution in [0, 0.1) is 6.92 Å². The molecular weight excluding hydrogens is 414 g/mol. The first-order chi connectivity index (χ1) is 14.7. The molecule has 0 aliphatic carbocycles. The lowest BCUT2D eigenvalue weighted by atomic mass is 10.1. The van der Waals surface area contributed by atoms with E-state index in [2.05, 4.69) is 25.4 Å². The SMILES string of the molecule is Cc1cc(-c2n[nH]c(-c3cc(C(N)=O)cc4c3cnn4C(F)F)n2)n(CCC(=O)O)n1. The monoisotopic (exact) mass is 430 g/mol. The quantitative estimate of drug-likeness (QED) is 0.404. The summed E-state index contributed by atoms with van der Waals surface area (Å²) in [6, 6.07) is 4.35. The molecule has 1 amide bonds. The number of carboxylic acid groups (broad SMARTS) is 1. The second-order valence-electron chi connectivity index (χ2n) is 6.73. The van der Waals surface area contributed by atoms with Crippen LogP contribution in [0.1, 0.15) is 29.0 Å². The van der Waals surface area contributed by atoms with Gasteiger partial charge in [-0.05, 0) is 25.1 Å². The van der Waals surface area contributed by atoms with E-state index in [0.717, 1.165) is 0 Å². The molecule has 4 rings (SSSR count). The van der Waals surface area contributed by atoms with Gasteiger partial charge in [0.2, 0.25) is 5.91 Å². The molecule has 160 valence electrons. The van der Waals surface area contributed by atoms with Gasteiger partial charge < -0.3 is 10.8 Å². The first kappa shape index (κ1) is 20.1. The highest BCUT2D eigenvalue weighted by molar-refractivity contribution is 6.02. The number of fused-ring (bicyclic) bond motifs is 1. The maximum Gasteiger partial charge on any atom is 0.333 e. The van der Waals surface area contributed by atoms with Gasteiger partial charge in [0.05, 0.1) is 30.4 Å². The minimum absolute atomic E-state index is 0.00481. The van der Waals surface area contributed by atoms with Crippen molar-refractivity contribution in [1.29, 1.82) is 0 Å². The molecule has 0 spiro atoms. The van der Waals surface area contributed by atoms with Crippen LogP contribution in [0.4, 0.5) is 8.78 Å². The molecule has 11 nitrogen and oxygen atoms in total. The molecule has 0 radical (unpaired) electrons. The fourth-order valence-corrected chi connectivity index (χ4v) is 3.23. The number of carboxylic acids is 1. The average Bonchev–Trinajstić information content (AvgIpc) is 3.42. The van der Waals surface area contributed by atoms with Crippen molar-refractivity contribution in [3.63, 3.8) is 0 Å². The molecule has 1 aromatic carbocycles. The third-order valence-electron chi connectivity index (χ3n) is 4.59. The molecule has 0 saturated heterocycles. The van der Waals surface area contributed by atoms with Crippen molar-refractivity contribution < 1.29 is 23.5 Å². The molecule has 31 heavy (non-hydrogen) atoms. The molecule has 0 aliphatic heterocycles. The van der Waals surface area contributed by atoms with Gasteiger partial charge in [-0.3, -0.25) is 19.4 Å². The summed E-state index contributed by atoms with van der Waals surface area (Å²) < 4.78 is 28.5. The highest BCUT2D eigenvalue weighted by Crippen LogP contribution is 2.31. The lowest BCUT2D eigenvalue weighted by Gasteiger charge is -2.06. The Morgan fingerprint density at radius 2 is 2.06 bits per heavy atom. The lowest BCUT2D eigenvalue weighted by molar-refractivity contribution is -0.137. The van der Waals surface area contributed by atoms with Gasteiger partial charge in [-0.2, -0.15) is 24.1 Å². The van der Waals surface area contributed by atoms with E-state index < -0.39 is 18.4 Å². The lowest BCUT2D eigenvalue weighted by Crippen LogP contribution is -2.11. The van der Waals surface area contributed by atoms with E-state index in [9.17, 15) is 18.4 Å². The minimum atomic E-state index is -2.91. The minimum Gasteiger partial charge on any atom is -0.481 e. The number of H-pyrrole nitrogens is 1. The standard InChI is InChI=1S/C18H16F2N8O3/c1-8-4-13(27(26-8)3-2-14(29)30)17-23-16(24-25-17)10-5-9(15(21)31)6-12-11(10)7-22-28(12)18(19)20/h4-7,18H,2-3H2,1H3,(H2,21,31)(H,29,30)(H,23,24,25). The second kappa shape index (κ2) is 7.59. The van der Waals surface area contributed by atoms with Gasteiger partial charge in [0, 0.05) is 16.5 Å². The Morgan fingerprint density at radius 3 is 2.74 bits per heavy atom. The van der Waals surface area contributed by atoms with Crippen LogP contribution in [0.3, 0.4) is 0 Å². The number of nitrogens with two attached hydrogens (primary N) is 1. The van der Waals surface area contributed by atoms with E-state index in [0.29, 0.717) is 27.0 Å². The Morgan fingerprint density at radius 1 is 1.29 bits per heavy atom. The summed E-state index contributed by atoms with van der Waals surface area (Å²) in [5, 5.41) is 24.1. The number of carbonyl (C=O) groups is 2. The van der Waals surface area contributed by atoms with Crippen LogP contribution in [-0.4, -0.2) is 51.7 Å². The fourth-order valence-electron chi connectivity index (χ4n) is 3.23. The number of rotatable bonds is 7. The molecule has 3 aromatic heterocycles. The summed E-state index contributed by atoms with van der Waals surface area (Å²) in [6.07, 6.45) is 1.10. The van der Waals surface area contributed by atoms with Crippen LogP contribution in [0.15, 0.2) is 24.4 Å². The first-order valence-electron chi connectivity index (χ1n) is 9.03. The van der Waals surface area contributed by atoms with Crippen molar-refractivity contribution in [2.24, 2.45) is 5.73 Å². The number of hydrogen-bond acceptors (Lipinski definition) is 6. The van der Waals surface area contributed by atoms with Crippen molar-refractivity contribution in [2.45, 2.75) is 26.4 Å². The number of benzene rings is 1. The van der Waals surface area contributed by atoms with E-state index in [1.54, 1.807) is 13.0 Å². The number of aromatic nitrogens is 7. The van der Waals surface area contributed by atoms with E-state index in [4.69, 9.17) is 10.8 Å². The number of nitrogens with zero attached hydrogens (tertiary/aromatic N) is 6. The van der Waals surface area contributed by atoms with Crippen LogP contribution >= 0.6 is 0 Å². The van der Waals surface area contributed by atoms with E-state index >= 15 is 0 Å². The zero-order valence-corrected chi connectivity index (χ0v) is 16.1. The van der Waals surface area contributed by atoms with Crippen molar-refractivity contribution in [3.05, 3.63) is 35.7 Å². The Bertz CT molecular complexity index is 1310. The molecule has 4 N–H and O–H groups in total. The van der Waals surface area contributed by atoms with Gasteiger partial charge in [-0.1, -0.05) is 0 Å². The summed E-state index contributed by atoms with van der Waals surface area (Å²) in [5.41, 5.74) is 6.81. The number of nitrogens with one attached hydrogen (secondary N) is 1. The first-order valence-corrected chi connectivity index (χ1v) is 9.03. The van der Waals surface area contributed by atoms with Gasteiger partial charge in [-0.15, -0.1) is 0 Å². The Hall–Kier alpha value is -4.16. The number of halogens is 2. The highest BCUT2D eigenvalue weighted by atomic mass is 19.3. The maximum absolute atomic E-state index is 13.3.